The second kappa shape index (κ2) is 5.83. The van der Waals surface area contributed by atoms with Crippen molar-refractivity contribution in [2.75, 3.05) is 0 Å². The van der Waals surface area contributed by atoms with Gasteiger partial charge in [-0.1, -0.05) is 31.5 Å². The maximum absolute atomic E-state index is 9.85. The lowest BCUT2D eigenvalue weighted by Crippen LogP contribution is -2.44. The average Bonchev–Trinajstić information content (AvgIpc) is 3.17. The maximum Gasteiger partial charge on any atom is 0.115 e. The van der Waals surface area contributed by atoms with Crippen LogP contribution in [0, 0.1) is 11.8 Å². The van der Waals surface area contributed by atoms with E-state index in [1.807, 2.05) is 12.1 Å². The Labute approximate surface area is 155 Å². The van der Waals surface area contributed by atoms with E-state index in [0.717, 1.165) is 25.3 Å². The van der Waals surface area contributed by atoms with Gasteiger partial charge >= 0.3 is 0 Å². The molecule has 5 rings (SSSR count). The van der Waals surface area contributed by atoms with Crippen LogP contribution < -0.4 is 0 Å². The van der Waals surface area contributed by atoms with Gasteiger partial charge in [-0.2, -0.15) is 0 Å². The number of phenolic OH excluding ortho intramolecular Hbond substituents is 1. The van der Waals surface area contributed by atoms with Gasteiger partial charge in [-0.25, -0.2) is 4.68 Å². The van der Waals surface area contributed by atoms with E-state index in [1.54, 1.807) is 0 Å². The number of aromatic hydroxyl groups is 1. The number of nitrogens with zero attached hydrogens (tertiary/aromatic N) is 3. The minimum Gasteiger partial charge on any atom is -0.508 e. The first-order valence-electron chi connectivity index (χ1n) is 10.4. The average molecular weight is 351 g/mol. The topological polar surface area (TPSA) is 50.9 Å². The van der Waals surface area contributed by atoms with Gasteiger partial charge in [-0.15, -0.1) is 5.10 Å². The predicted octanol–water partition coefficient (Wildman–Crippen LogP) is 4.35. The normalized spacial score (nSPS) is 31.8. The Hall–Kier alpha value is -1.84. The van der Waals surface area contributed by atoms with Crippen LogP contribution in [0.25, 0.3) is 0 Å². The first-order chi connectivity index (χ1) is 12.6. The van der Waals surface area contributed by atoms with Gasteiger partial charge in [0.05, 0.1) is 11.4 Å². The molecule has 0 bridgehead atoms. The molecule has 3 aliphatic rings. The number of phenols is 1. The van der Waals surface area contributed by atoms with Crippen molar-refractivity contribution in [2.24, 2.45) is 11.8 Å². The molecule has 138 valence electrons. The van der Waals surface area contributed by atoms with Crippen LogP contribution >= 0.6 is 0 Å². The molecule has 0 amide bonds. The molecule has 1 fully saturated rings. The van der Waals surface area contributed by atoms with E-state index in [-0.39, 0.29) is 5.41 Å². The molecule has 1 aromatic heterocycles. The Morgan fingerprint density at radius 3 is 3.04 bits per heavy atom. The summed E-state index contributed by atoms with van der Waals surface area (Å²) in [5.41, 5.74) is 5.83. The summed E-state index contributed by atoms with van der Waals surface area (Å²) in [6, 6.07) is 6.06. The minimum absolute atomic E-state index is 0.238. The first kappa shape index (κ1) is 16.3. The second-order valence-electron chi connectivity index (χ2n) is 8.92. The zero-order valence-electron chi connectivity index (χ0n) is 15.9. The smallest absolute Gasteiger partial charge is 0.115 e. The molecule has 1 N–H and O–H groups in total. The SMILES string of the molecule is CCCCn1nnc2c1[C@@]1(C)CC[C@@H]3c4ccc(O)cc4CCC3C1C2. The quantitative estimate of drug-likeness (QED) is 0.894. The van der Waals surface area contributed by atoms with Crippen molar-refractivity contribution in [3.63, 3.8) is 0 Å². The molecule has 2 unspecified atom stereocenters. The van der Waals surface area contributed by atoms with Gasteiger partial charge in [0.25, 0.3) is 0 Å². The zero-order chi connectivity index (χ0) is 17.9. The van der Waals surface area contributed by atoms with Crippen molar-refractivity contribution in [1.82, 2.24) is 15.0 Å². The third-order valence-electron chi connectivity index (χ3n) is 7.58. The summed E-state index contributed by atoms with van der Waals surface area (Å²) in [5.74, 6) is 2.49. The third kappa shape index (κ3) is 2.20. The van der Waals surface area contributed by atoms with E-state index < -0.39 is 0 Å². The number of fused-ring (bicyclic) bond motifs is 7. The summed E-state index contributed by atoms with van der Waals surface area (Å²) in [7, 11) is 0. The second-order valence-corrected chi connectivity index (χ2v) is 8.92. The maximum atomic E-state index is 9.85. The van der Waals surface area contributed by atoms with Gasteiger partial charge in [0.2, 0.25) is 0 Å². The summed E-state index contributed by atoms with van der Waals surface area (Å²) in [6.07, 6.45) is 8.30. The van der Waals surface area contributed by atoms with Gasteiger partial charge in [0.1, 0.15) is 5.75 Å². The molecule has 3 aliphatic carbocycles. The molecule has 0 saturated heterocycles. The summed E-state index contributed by atoms with van der Waals surface area (Å²) in [6.45, 7) is 5.74. The molecule has 2 aromatic rings. The van der Waals surface area contributed by atoms with Crippen LogP contribution in [0.5, 0.6) is 5.75 Å². The highest BCUT2D eigenvalue weighted by Crippen LogP contribution is 2.59. The standard InChI is InChI=1S/C22H29N3O/c1-3-4-11-25-21-20(23-24-25)13-19-18-7-5-14-12-15(26)6-8-16(14)17(18)9-10-22(19,21)2/h6,8,12,17-19,26H,3-5,7,9-11,13H2,1-2H3/t17-,18?,19?,22+/m1/s1. The van der Waals surface area contributed by atoms with Gasteiger partial charge in [-0.3, -0.25) is 0 Å². The predicted molar refractivity (Wildman–Crippen MR) is 101 cm³/mol. The number of rotatable bonds is 3. The Kier molecular flexibility index (Phi) is 3.67. The number of hydrogen-bond acceptors (Lipinski definition) is 3. The van der Waals surface area contributed by atoms with Crippen molar-refractivity contribution in [3.8, 4) is 5.75 Å². The zero-order valence-corrected chi connectivity index (χ0v) is 15.9. The number of benzene rings is 1. The molecular formula is C22H29N3O. The van der Waals surface area contributed by atoms with E-state index in [4.69, 9.17) is 0 Å². The van der Waals surface area contributed by atoms with E-state index in [1.165, 1.54) is 54.6 Å². The van der Waals surface area contributed by atoms with Gasteiger partial charge in [-0.05, 0) is 79.5 Å². The molecule has 0 radical (unpaired) electrons. The van der Waals surface area contributed by atoms with Crippen molar-refractivity contribution in [3.05, 3.63) is 40.7 Å². The fraction of sp³-hybridized carbons (Fsp3) is 0.636. The fourth-order valence-electron chi connectivity index (χ4n) is 6.34. The highest BCUT2D eigenvalue weighted by atomic mass is 16.3. The first-order valence-corrected chi connectivity index (χ1v) is 10.4. The molecule has 1 heterocycles. The monoisotopic (exact) mass is 351 g/mol. The lowest BCUT2D eigenvalue weighted by molar-refractivity contribution is 0.0989. The third-order valence-corrected chi connectivity index (χ3v) is 7.58. The molecular weight excluding hydrogens is 322 g/mol. The van der Waals surface area contributed by atoms with Crippen LogP contribution in [0.1, 0.15) is 74.4 Å². The Morgan fingerprint density at radius 1 is 1.31 bits per heavy atom. The van der Waals surface area contributed by atoms with Crippen molar-refractivity contribution >= 4 is 0 Å². The number of aryl methyl sites for hydroxylation is 2. The molecule has 4 atom stereocenters. The largest absolute Gasteiger partial charge is 0.508 e. The molecule has 1 aromatic carbocycles. The molecule has 4 nitrogen and oxygen atoms in total. The Bertz CT molecular complexity index is 842. The molecule has 26 heavy (non-hydrogen) atoms. The fourth-order valence-corrected chi connectivity index (χ4v) is 6.34. The highest BCUT2D eigenvalue weighted by molar-refractivity contribution is 5.42. The van der Waals surface area contributed by atoms with Crippen LogP contribution in [-0.4, -0.2) is 20.1 Å². The summed E-state index contributed by atoms with van der Waals surface area (Å²) < 4.78 is 2.23. The van der Waals surface area contributed by atoms with E-state index in [0.29, 0.717) is 17.6 Å². The van der Waals surface area contributed by atoms with Crippen LogP contribution in [0.4, 0.5) is 0 Å². The summed E-state index contributed by atoms with van der Waals surface area (Å²) >= 11 is 0. The lowest BCUT2D eigenvalue weighted by Gasteiger charge is -2.49. The van der Waals surface area contributed by atoms with Gasteiger partial charge in [0.15, 0.2) is 0 Å². The number of aromatic nitrogens is 3. The highest BCUT2D eigenvalue weighted by Gasteiger charge is 2.55. The van der Waals surface area contributed by atoms with E-state index >= 15 is 0 Å². The molecule has 4 heteroatoms. The number of hydrogen-bond donors (Lipinski definition) is 1. The van der Waals surface area contributed by atoms with Gasteiger partial charge < -0.3 is 5.11 Å². The number of unbranched alkanes of at least 4 members (excludes halogenated alkanes) is 1. The summed E-state index contributed by atoms with van der Waals surface area (Å²) in [4.78, 5) is 0. The lowest BCUT2D eigenvalue weighted by atomic mass is 9.55. The van der Waals surface area contributed by atoms with E-state index in [2.05, 4.69) is 34.9 Å². The van der Waals surface area contributed by atoms with Crippen LogP contribution in [0.3, 0.4) is 0 Å². The summed E-state index contributed by atoms with van der Waals surface area (Å²) in [5, 5.41) is 18.9. The van der Waals surface area contributed by atoms with Crippen molar-refractivity contribution < 1.29 is 5.11 Å². The Morgan fingerprint density at radius 2 is 2.19 bits per heavy atom. The van der Waals surface area contributed by atoms with Crippen LogP contribution in [0.15, 0.2) is 18.2 Å². The molecule has 0 aliphatic heterocycles. The van der Waals surface area contributed by atoms with Crippen LogP contribution in [-0.2, 0) is 24.8 Å². The van der Waals surface area contributed by atoms with Crippen molar-refractivity contribution in [1.29, 1.82) is 0 Å². The molecule has 0 spiro atoms. The van der Waals surface area contributed by atoms with Gasteiger partial charge in [0, 0.05) is 12.0 Å². The Balaban J connectivity index is 1.49. The molecule has 1 saturated carbocycles. The van der Waals surface area contributed by atoms with E-state index in [9.17, 15) is 5.11 Å². The minimum atomic E-state index is 0.238. The van der Waals surface area contributed by atoms with Crippen molar-refractivity contribution in [2.45, 2.75) is 76.7 Å². The van der Waals surface area contributed by atoms with Crippen LogP contribution in [0.2, 0.25) is 0 Å².